The minimum absolute atomic E-state index is 0.0971. The second-order valence-corrected chi connectivity index (χ2v) is 13.0. The van der Waals surface area contributed by atoms with E-state index in [2.05, 4.69) is 55.3 Å². The number of H-pyrrole nitrogens is 1. The monoisotopic (exact) mass is 605 g/mol. The van der Waals surface area contributed by atoms with Gasteiger partial charge in [0.2, 0.25) is 0 Å². The molecule has 2 aromatic heterocycles. The summed E-state index contributed by atoms with van der Waals surface area (Å²) >= 11 is 0. The van der Waals surface area contributed by atoms with Gasteiger partial charge in [0, 0.05) is 51.0 Å². The number of ether oxygens (including phenoxy) is 2. The first-order valence-corrected chi connectivity index (χ1v) is 16.4. The number of nitrogens with zero attached hydrogens (tertiary/aromatic N) is 6. The summed E-state index contributed by atoms with van der Waals surface area (Å²) in [5.41, 5.74) is 1.63. The molecule has 5 rings (SSSR count). The van der Waals surface area contributed by atoms with Gasteiger partial charge in [-0.05, 0) is 87.8 Å². The Morgan fingerprint density at radius 1 is 1.05 bits per heavy atom. The average Bonchev–Trinajstić information content (AvgIpc) is 3.77. The molecule has 4 heterocycles. The molecule has 0 saturated carbocycles. The smallest absolute Gasteiger partial charge is 0.344 e. The van der Waals surface area contributed by atoms with Crippen molar-refractivity contribution >= 4 is 5.97 Å². The molecule has 240 valence electrons. The number of piperidine rings is 1. The number of carbonyl (C=O) groups is 1. The van der Waals surface area contributed by atoms with Gasteiger partial charge in [0.25, 0.3) is 0 Å². The van der Waals surface area contributed by atoms with E-state index in [0.29, 0.717) is 37.4 Å². The Kier molecular flexibility index (Phi) is 11.5. The van der Waals surface area contributed by atoms with Crippen LogP contribution in [-0.2, 0) is 35.7 Å². The topological polar surface area (TPSA) is 91.8 Å². The van der Waals surface area contributed by atoms with E-state index in [4.69, 9.17) is 14.5 Å². The zero-order valence-corrected chi connectivity index (χ0v) is 26.9. The third-order valence-electron chi connectivity index (χ3n) is 8.99. The van der Waals surface area contributed by atoms with E-state index < -0.39 is 0 Å². The van der Waals surface area contributed by atoms with Gasteiger partial charge in [0.15, 0.2) is 6.61 Å². The quantitative estimate of drug-likeness (QED) is 0.237. The molecule has 3 aromatic rings. The van der Waals surface area contributed by atoms with E-state index in [0.717, 1.165) is 42.6 Å². The summed E-state index contributed by atoms with van der Waals surface area (Å²) in [7, 11) is 0. The minimum atomic E-state index is -0.365. The molecule has 10 nitrogen and oxygen atoms in total. The predicted molar refractivity (Wildman–Crippen MR) is 171 cm³/mol. The van der Waals surface area contributed by atoms with Gasteiger partial charge in [-0.2, -0.15) is 0 Å². The number of rotatable bonds is 16. The summed E-state index contributed by atoms with van der Waals surface area (Å²) < 4.78 is 13.0. The molecule has 2 fully saturated rings. The summed E-state index contributed by atoms with van der Waals surface area (Å²) in [6.07, 6.45) is 12.9. The van der Waals surface area contributed by atoms with Crippen LogP contribution in [0.5, 0.6) is 5.75 Å². The molecule has 0 bridgehead atoms. The lowest BCUT2D eigenvalue weighted by atomic mass is 9.77. The molecule has 2 aliphatic rings. The van der Waals surface area contributed by atoms with Gasteiger partial charge in [-0.25, -0.2) is 14.8 Å². The highest BCUT2D eigenvalue weighted by Gasteiger charge is 2.40. The third-order valence-corrected chi connectivity index (χ3v) is 8.99. The van der Waals surface area contributed by atoms with Gasteiger partial charge < -0.3 is 28.8 Å². The normalized spacial score (nSPS) is 17.2. The summed E-state index contributed by atoms with van der Waals surface area (Å²) in [5, 5.41) is 0. The largest absolute Gasteiger partial charge is 0.482 e. The lowest BCUT2D eigenvalue weighted by Crippen LogP contribution is -2.42. The fourth-order valence-electron chi connectivity index (χ4n) is 6.81. The number of likely N-dealkylation sites (tertiary alicyclic amines) is 2. The van der Waals surface area contributed by atoms with Crippen molar-refractivity contribution in [1.29, 1.82) is 0 Å². The molecule has 0 aliphatic carbocycles. The molecule has 44 heavy (non-hydrogen) atoms. The number of carbonyl (C=O) groups excluding carboxylic acids is 1. The van der Waals surface area contributed by atoms with Crippen LogP contribution in [0, 0.1) is 11.3 Å². The molecular weight excluding hydrogens is 554 g/mol. The maximum absolute atomic E-state index is 11.7. The van der Waals surface area contributed by atoms with Crippen molar-refractivity contribution in [1.82, 2.24) is 34.2 Å². The number of hydrogen-bond acceptors (Lipinski definition) is 8. The van der Waals surface area contributed by atoms with Crippen molar-refractivity contribution in [3.63, 3.8) is 0 Å². The summed E-state index contributed by atoms with van der Waals surface area (Å²) in [4.78, 5) is 31.9. The summed E-state index contributed by atoms with van der Waals surface area (Å²) in [5.74, 6) is 3.01. The number of esters is 1. The molecule has 0 amide bonds. The lowest BCUT2D eigenvalue weighted by molar-refractivity contribution is -0.145. The maximum atomic E-state index is 11.7. The zero-order valence-electron chi connectivity index (χ0n) is 26.9. The van der Waals surface area contributed by atoms with Crippen LogP contribution in [0.3, 0.4) is 0 Å². The van der Waals surface area contributed by atoms with Gasteiger partial charge >= 0.3 is 5.97 Å². The van der Waals surface area contributed by atoms with Crippen molar-refractivity contribution in [3.8, 4) is 5.75 Å². The Labute approximate surface area is 262 Å². The molecule has 1 N–H and O–H groups in total. The van der Waals surface area contributed by atoms with Crippen molar-refractivity contribution in [2.75, 3.05) is 52.5 Å². The first-order valence-electron chi connectivity index (χ1n) is 16.4. The highest BCUT2D eigenvalue weighted by molar-refractivity contribution is 5.71. The first kappa shape index (κ1) is 32.2. The Balaban J connectivity index is 1.13. The van der Waals surface area contributed by atoms with Crippen LogP contribution in [0.15, 0.2) is 49.1 Å². The second-order valence-electron chi connectivity index (χ2n) is 13.0. The van der Waals surface area contributed by atoms with Gasteiger partial charge in [0.1, 0.15) is 17.4 Å². The number of aromatic nitrogens is 4. The third kappa shape index (κ3) is 9.39. The standard InChI is InChI=1S/C34H51N7O3/c1-4-43-33(42)26-44-30-8-5-7-29(21-30)23-40(24-31-35-12-13-36-31)25-32-37-14-20-41(32)16-6-15-39-19-11-34(27-39)9-17-38(18-10-34)22-28(2)3/h5,7-8,12-14,20-21,28H,4,6,9-11,15-19,22-27H2,1-3H3,(H,35,36). The molecule has 0 atom stereocenters. The van der Waals surface area contributed by atoms with Crippen LogP contribution in [-0.4, -0.2) is 92.7 Å². The SMILES string of the molecule is CCOC(=O)COc1cccc(CN(Cc2ncc[nH]2)Cc2nccn2CCCN2CCC3(CCN(CC(C)C)CC3)C2)c1. The zero-order chi connectivity index (χ0) is 30.8. The van der Waals surface area contributed by atoms with E-state index in [1.165, 1.54) is 52.0 Å². The summed E-state index contributed by atoms with van der Waals surface area (Å²) in [6, 6.07) is 7.89. The van der Waals surface area contributed by atoms with Crippen LogP contribution in [0.25, 0.3) is 0 Å². The first-order chi connectivity index (χ1) is 21.4. The van der Waals surface area contributed by atoms with Gasteiger partial charge in [-0.1, -0.05) is 26.0 Å². The highest BCUT2D eigenvalue weighted by Crippen LogP contribution is 2.40. The molecule has 2 saturated heterocycles. The number of imidazole rings is 2. The highest BCUT2D eigenvalue weighted by atomic mass is 16.6. The van der Waals surface area contributed by atoms with Gasteiger partial charge in [0.05, 0.1) is 19.7 Å². The number of hydrogen-bond donors (Lipinski definition) is 1. The molecule has 2 aliphatic heterocycles. The Hall–Kier alpha value is -3.21. The summed E-state index contributed by atoms with van der Waals surface area (Å²) in [6.45, 7) is 17.1. The van der Waals surface area contributed by atoms with E-state index in [-0.39, 0.29) is 12.6 Å². The van der Waals surface area contributed by atoms with E-state index in [1.807, 2.05) is 30.6 Å². The fourth-order valence-corrected chi connectivity index (χ4v) is 6.81. The van der Waals surface area contributed by atoms with E-state index >= 15 is 0 Å². The van der Waals surface area contributed by atoms with Crippen LogP contribution in [0.1, 0.15) is 63.7 Å². The molecule has 10 heteroatoms. The molecular formula is C34H51N7O3. The van der Waals surface area contributed by atoms with Crippen LogP contribution < -0.4 is 4.74 Å². The molecule has 0 radical (unpaired) electrons. The van der Waals surface area contributed by atoms with E-state index in [9.17, 15) is 4.79 Å². The second kappa shape index (κ2) is 15.7. The number of nitrogens with one attached hydrogen (secondary N) is 1. The van der Waals surface area contributed by atoms with Crippen LogP contribution in [0.4, 0.5) is 0 Å². The molecule has 0 unspecified atom stereocenters. The van der Waals surface area contributed by atoms with Crippen molar-refractivity contribution in [3.05, 3.63) is 66.3 Å². The van der Waals surface area contributed by atoms with Gasteiger partial charge in [-0.3, -0.25) is 4.90 Å². The van der Waals surface area contributed by atoms with Gasteiger partial charge in [-0.15, -0.1) is 0 Å². The van der Waals surface area contributed by atoms with Crippen molar-refractivity contribution in [2.24, 2.45) is 11.3 Å². The minimum Gasteiger partial charge on any atom is -0.482 e. The molecule has 1 spiro atoms. The lowest BCUT2D eigenvalue weighted by Gasteiger charge is -2.40. The fraction of sp³-hybridized carbons (Fsp3) is 0.618. The van der Waals surface area contributed by atoms with Crippen LogP contribution in [0.2, 0.25) is 0 Å². The van der Waals surface area contributed by atoms with Crippen LogP contribution >= 0.6 is 0 Å². The number of aryl methyl sites for hydroxylation is 1. The average molecular weight is 606 g/mol. The Morgan fingerprint density at radius 3 is 2.61 bits per heavy atom. The maximum Gasteiger partial charge on any atom is 0.344 e. The number of aromatic amines is 1. The van der Waals surface area contributed by atoms with Crippen molar-refractivity contribution in [2.45, 2.75) is 72.6 Å². The van der Waals surface area contributed by atoms with E-state index in [1.54, 1.807) is 13.1 Å². The molecule has 1 aromatic carbocycles. The predicted octanol–water partition coefficient (Wildman–Crippen LogP) is 4.58. The van der Waals surface area contributed by atoms with Crippen molar-refractivity contribution < 1.29 is 14.3 Å². The number of benzene rings is 1. The Morgan fingerprint density at radius 2 is 1.86 bits per heavy atom. The Bertz CT molecular complexity index is 1280.